The molecule has 1 heterocycles. The van der Waals surface area contributed by atoms with E-state index in [2.05, 4.69) is 17.6 Å². The van der Waals surface area contributed by atoms with E-state index in [4.69, 9.17) is 5.10 Å². The van der Waals surface area contributed by atoms with Crippen molar-refractivity contribution < 1.29 is 9.59 Å². The van der Waals surface area contributed by atoms with Crippen LogP contribution in [-0.4, -0.2) is 45.2 Å². The summed E-state index contributed by atoms with van der Waals surface area (Å²) in [6.45, 7) is 8.30. The van der Waals surface area contributed by atoms with Crippen LogP contribution < -0.4 is 10.6 Å². The van der Waals surface area contributed by atoms with Crippen LogP contribution in [0.15, 0.2) is 66.7 Å². The van der Waals surface area contributed by atoms with Crippen molar-refractivity contribution in [3.05, 3.63) is 66.7 Å². The Kier molecular flexibility index (Phi) is 7.87. The Morgan fingerprint density at radius 3 is 2.24 bits per heavy atom. The summed E-state index contributed by atoms with van der Waals surface area (Å²) < 4.78 is 1.71. The van der Waals surface area contributed by atoms with Crippen LogP contribution in [-0.2, 0) is 4.79 Å². The lowest BCUT2D eigenvalue weighted by atomic mass is 10.1. The van der Waals surface area contributed by atoms with Crippen LogP contribution in [0.25, 0.3) is 16.9 Å². The lowest BCUT2D eigenvalue weighted by Crippen LogP contribution is -2.50. The van der Waals surface area contributed by atoms with E-state index < -0.39 is 0 Å². The number of nitrogens with zero attached hydrogens (tertiary/aromatic N) is 3. The molecule has 7 nitrogen and oxygen atoms in total. The lowest BCUT2D eigenvalue weighted by molar-refractivity contribution is -0.116. The number of urea groups is 1. The fourth-order valence-electron chi connectivity index (χ4n) is 3.34. The summed E-state index contributed by atoms with van der Waals surface area (Å²) >= 11 is 0. The van der Waals surface area contributed by atoms with Gasteiger partial charge in [0.2, 0.25) is 5.91 Å². The van der Waals surface area contributed by atoms with E-state index in [1.54, 1.807) is 9.58 Å². The molecule has 0 atom stereocenters. The Morgan fingerprint density at radius 1 is 1.00 bits per heavy atom. The molecular formula is C26H33N5O2. The van der Waals surface area contributed by atoms with E-state index in [1.165, 1.54) is 0 Å². The molecule has 0 radical (unpaired) electrons. The number of benzene rings is 2. The summed E-state index contributed by atoms with van der Waals surface area (Å²) in [6, 6.07) is 21.1. The Hall–Kier alpha value is -3.61. The van der Waals surface area contributed by atoms with Crippen molar-refractivity contribution in [1.82, 2.24) is 20.0 Å². The molecule has 0 aliphatic carbocycles. The summed E-state index contributed by atoms with van der Waals surface area (Å²) in [4.78, 5) is 27.3. The van der Waals surface area contributed by atoms with E-state index in [-0.39, 0.29) is 24.0 Å². The van der Waals surface area contributed by atoms with Gasteiger partial charge in [-0.05, 0) is 39.3 Å². The van der Waals surface area contributed by atoms with Crippen LogP contribution in [0.1, 0.15) is 40.5 Å². The van der Waals surface area contributed by atoms with Crippen LogP contribution >= 0.6 is 0 Å². The van der Waals surface area contributed by atoms with Crippen LogP contribution in [0.2, 0.25) is 0 Å². The summed E-state index contributed by atoms with van der Waals surface area (Å²) in [6.07, 6.45) is 1.76. The Morgan fingerprint density at radius 2 is 1.64 bits per heavy atom. The van der Waals surface area contributed by atoms with Crippen molar-refractivity contribution in [2.75, 3.05) is 18.4 Å². The summed E-state index contributed by atoms with van der Waals surface area (Å²) in [7, 11) is 0. The maximum absolute atomic E-state index is 13.0. The van der Waals surface area contributed by atoms with Gasteiger partial charge in [0.15, 0.2) is 0 Å². The first-order valence-electron chi connectivity index (χ1n) is 11.3. The molecule has 1 aromatic heterocycles. The number of unbranched alkanes of at least 4 members (excludes halogenated alkanes) is 1. The van der Waals surface area contributed by atoms with E-state index >= 15 is 0 Å². The van der Waals surface area contributed by atoms with E-state index in [0.717, 1.165) is 29.8 Å². The Balaban J connectivity index is 1.83. The van der Waals surface area contributed by atoms with Gasteiger partial charge in [-0.15, -0.1) is 0 Å². The minimum Gasteiger partial charge on any atom is -0.333 e. The van der Waals surface area contributed by atoms with Crippen molar-refractivity contribution in [3.8, 4) is 16.9 Å². The highest BCUT2D eigenvalue weighted by Crippen LogP contribution is 2.24. The fraction of sp³-hybridized carbons (Fsp3) is 0.346. The van der Waals surface area contributed by atoms with Gasteiger partial charge in [-0.3, -0.25) is 4.79 Å². The van der Waals surface area contributed by atoms with Crippen molar-refractivity contribution in [2.45, 2.75) is 46.1 Å². The van der Waals surface area contributed by atoms with E-state index in [0.29, 0.717) is 12.4 Å². The zero-order valence-corrected chi connectivity index (χ0v) is 19.8. The molecule has 3 rings (SSSR count). The first-order valence-corrected chi connectivity index (χ1v) is 11.3. The number of rotatable bonds is 8. The van der Waals surface area contributed by atoms with Gasteiger partial charge in [0.1, 0.15) is 12.4 Å². The average Bonchev–Trinajstić information content (AvgIpc) is 3.20. The normalized spacial score (nSPS) is 11.2. The largest absolute Gasteiger partial charge is 0.333 e. The molecule has 174 valence electrons. The molecule has 0 aliphatic rings. The molecule has 0 saturated heterocycles. The number of carbonyl (C=O) groups excluding carboxylic acids is 2. The zero-order chi connectivity index (χ0) is 23.8. The van der Waals surface area contributed by atoms with Gasteiger partial charge in [-0.2, -0.15) is 5.10 Å². The number of hydrogen-bond donors (Lipinski definition) is 2. The van der Waals surface area contributed by atoms with E-state index in [1.807, 2.05) is 87.5 Å². The quantitative estimate of drug-likeness (QED) is 0.505. The molecule has 2 aromatic carbocycles. The molecule has 0 bridgehead atoms. The SMILES string of the molecule is CCCCN(CC(=O)Nc1cc(-c2ccccc2)nn1-c1ccccc1)C(=O)NC(C)(C)C. The number of aromatic nitrogens is 2. The third-order valence-corrected chi connectivity index (χ3v) is 4.93. The molecule has 0 unspecified atom stereocenters. The number of para-hydroxylation sites is 1. The fourth-order valence-corrected chi connectivity index (χ4v) is 3.34. The molecule has 33 heavy (non-hydrogen) atoms. The Bertz CT molecular complexity index is 1060. The number of amides is 3. The monoisotopic (exact) mass is 447 g/mol. The minimum absolute atomic E-state index is 0.0391. The second kappa shape index (κ2) is 10.8. The van der Waals surface area contributed by atoms with E-state index in [9.17, 15) is 9.59 Å². The third-order valence-electron chi connectivity index (χ3n) is 4.93. The van der Waals surface area contributed by atoms with Crippen LogP contribution in [0, 0.1) is 0 Å². The van der Waals surface area contributed by atoms with Crippen molar-refractivity contribution in [3.63, 3.8) is 0 Å². The average molecular weight is 448 g/mol. The lowest BCUT2D eigenvalue weighted by Gasteiger charge is -2.28. The first kappa shape index (κ1) is 24.0. The highest BCUT2D eigenvalue weighted by atomic mass is 16.2. The molecule has 2 N–H and O–H groups in total. The second-order valence-corrected chi connectivity index (χ2v) is 9.03. The molecule has 3 amide bonds. The van der Waals surface area contributed by atoms with Crippen molar-refractivity contribution in [2.24, 2.45) is 0 Å². The summed E-state index contributed by atoms with van der Waals surface area (Å²) in [5.41, 5.74) is 2.16. The van der Waals surface area contributed by atoms with Crippen LogP contribution in [0.3, 0.4) is 0 Å². The summed E-state index contributed by atoms with van der Waals surface area (Å²) in [5, 5.41) is 10.6. The predicted molar refractivity (Wildman–Crippen MR) is 132 cm³/mol. The molecule has 3 aromatic rings. The van der Waals surface area contributed by atoms with Gasteiger partial charge in [-0.25, -0.2) is 9.48 Å². The second-order valence-electron chi connectivity index (χ2n) is 9.03. The molecule has 0 saturated carbocycles. The number of nitrogens with one attached hydrogen (secondary N) is 2. The highest BCUT2D eigenvalue weighted by Gasteiger charge is 2.22. The maximum Gasteiger partial charge on any atom is 0.318 e. The maximum atomic E-state index is 13.0. The smallest absolute Gasteiger partial charge is 0.318 e. The predicted octanol–water partition coefficient (Wildman–Crippen LogP) is 5.09. The van der Waals surface area contributed by atoms with Gasteiger partial charge >= 0.3 is 6.03 Å². The standard InChI is InChI=1S/C26H33N5O2/c1-5-6-17-30(25(33)28-26(2,3)4)19-24(32)27-23-18-22(20-13-9-7-10-14-20)29-31(23)21-15-11-8-12-16-21/h7-16,18H,5-6,17,19H2,1-4H3,(H,27,32)(H,28,33). The first-order chi connectivity index (χ1) is 15.8. The van der Waals surface area contributed by atoms with Crippen LogP contribution in [0.5, 0.6) is 0 Å². The number of hydrogen-bond acceptors (Lipinski definition) is 3. The summed E-state index contributed by atoms with van der Waals surface area (Å²) in [5.74, 6) is 0.281. The third kappa shape index (κ3) is 6.94. The van der Waals surface area contributed by atoms with Crippen molar-refractivity contribution in [1.29, 1.82) is 0 Å². The Labute approximate surface area is 195 Å². The topological polar surface area (TPSA) is 79.3 Å². The molecule has 0 fully saturated rings. The van der Waals surface area contributed by atoms with Crippen LogP contribution in [0.4, 0.5) is 10.6 Å². The van der Waals surface area contributed by atoms with Crippen molar-refractivity contribution >= 4 is 17.8 Å². The molecular weight excluding hydrogens is 414 g/mol. The molecule has 0 spiro atoms. The molecule has 0 aliphatic heterocycles. The minimum atomic E-state index is -0.380. The number of anilines is 1. The highest BCUT2D eigenvalue weighted by molar-refractivity contribution is 5.94. The number of carbonyl (C=O) groups is 2. The van der Waals surface area contributed by atoms with Gasteiger partial charge in [-0.1, -0.05) is 61.9 Å². The van der Waals surface area contributed by atoms with Gasteiger partial charge in [0.05, 0.1) is 11.4 Å². The zero-order valence-electron chi connectivity index (χ0n) is 19.8. The van der Waals surface area contributed by atoms with Gasteiger partial charge in [0.25, 0.3) is 0 Å². The van der Waals surface area contributed by atoms with Gasteiger partial charge in [0, 0.05) is 23.7 Å². The van der Waals surface area contributed by atoms with Gasteiger partial charge < -0.3 is 15.5 Å². The molecule has 7 heteroatoms.